The lowest BCUT2D eigenvalue weighted by atomic mass is 9.75. The average Bonchev–Trinajstić information content (AvgIpc) is 3.14. The van der Waals surface area contributed by atoms with Gasteiger partial charge in [0.25, 0.3) is 11.8 Å². The molecule has 0 spiro atoms. The maximum Gasteiger partial charge on any atom is 0.338 e. The minimum atomic E-state index is -0.460. The number of hydrogen-bond donors (Lipinski definition) is 0. The van der Waals surface area contributed by atoms with Crippen LogP contribution in [-0.2, 0) is 4.74 Å². The number of esters is 1. The molecule has 190 valence electrons. The zero-order chi connectivity index (χ0) is 26.1. The Morgan fingerprint density at radius 2 is 1.54 bits per heavy atom. The Labute approximate surface area is 217 Å². The van der Waals surface area contributed by atoms with Crippen LogP contribution in [0.15, 0.2) is 72.8 Å². The molecule has 1 fully saturated rings. The van der Waals surface area contributed by atoms with Crippen molar-refractivity contribution in [3.63, 3.8) is 0 Å². The van der Waals surface area contributed by atoms with Crippen molar-refractivity contribution in [2.24, 2.45) is 17.8 Å². The Balaban J connectivity index is 1.32. The van der Waals surface area contributed by atoms with E-state index in [4.69, 9.17) is 9.47 Å². The summed E-state index contributed by atoms with van der Waals surface area (Å²) in [5, 5.41) is 0. The molecule has 6 nitrogen and oxygen atoms in total. The largest absolute Gasteiger partial charge is 0.458 e. The van der Waals surface area contributed by atoms with Crippen molar-refractivity contribution < 1.29 is 23.9 Å². The Morgan fingerprint density at radius 1 is 0.865 bits per heavy atom. The van der Waals surface area contributed by atoms with Crippen LogP contribution in [0.4, 0.5) is 5.69 Å². The number of anilines is 1. The molecule has 2 aliphatic rings. The number of nitrogens with zero attached hydrogens (tertiary/aromatic N) is 1. The van der Waals surface area contributed by atoms with Gasteiger partial charge in [0.1, 0.15) is 17.6 Å². The summed E-state index contributed by atoms with van der Waals surface area (Å²) in [6, 6.07) is 20.7. The number of rotatable bonds is 6. The molecular formula is C31H31NO5. The number of carbonyl (C=O) groups excluding carboxylic acids is 3. The Morgan fingerprint density at radius 3 is 2.24 bits per heavy atom. The molecule has 0 bridgehead atoms. The summed E-state index contributed by atoms with van der Waals surface area (Å²) in [7, 11) is 0. The maximum atomic E-state index is 13.3. The molecule has 6 heteroatoms. The second-order valence-corrected chi connectivity index (χ2v) is 10.4. The van der Waals surface area contributed by atoms with Crippen LogP contribution < -0.4 is 9.64 Å². The number of ether oxygens (including phenoxy) is 2. The fraction of sp³-hybridized carbons (Fsp3) is 0.323. The molecule has 1 aliphatic carbocycles. The van der Waals surface area contributed by atoms with E-state index in [1.807, 2.05) is 30.3 Å². The topological polar surface area (TPSA) is 72.9 Å². The highest BCUT2D eigenvalue weighted by Crippen LogP contribution is 2.36. The summed E-state index contributed by atoms with van der Waals surface area (Å²) in [5.41, 5.74) is 1.21. The maximum absolute atomic E-state index is 13.3. The lowest BCUT2D eigenvalue weighted by molar-refractivity contribution is -0.0174. The molecule has 0 radical (unpaired) electrons. The summed E-state index contributed by atoms with van der Waals surface area (Å²) in [6.45, 7) is 6.51. The highest BCUT2D eigenvalue weighted by atomic mass is 16.5. The summed E-state index contributed by atoms with van der Waals surface area (Å²) in [6.07, 6.45) is 2.88. The predicted molar refractivity (Wildman–Crippen MR) is 141 cm³/mol. The van der Waals surface area contributed by atoms with Crippen molar-refractivity contribution in [1.82, 2.24) is 0 Å². The third kappa shape index (κ3) is 5.01. The van der Waals surface area contributed by atoms with Crippen LogP contribution in [0.2, 0.25) is 0 Å². The number of benzene rings is 3. The van der Waals surface area contributed by atoms with E-state index < -0.39 is 17.8 Å². The zero-order valence-corrected chi connectivity index (χ0v) is 21.3. The second-order valence-electron chi connectivity index (χ2n) is 10.4. The van der Waals surface area contributed by atoms with Gasteiger partial charge in [-0.15, -0.1) is 0 Å². The van der Waals surface area contributed by atoms with Crippen LogP contribution in [0.3, 0.4) is 0 Å². The molecule has 2 amide bonds. The summed E-state index contributed by atoms with van der Waals surface area (Å²) < 4.78 is 11.8. The Bertz CT molecular complexity index is 1320. The van der Waals surface area contributed by atoms with Crippen molar-refractivity contribution in [2.75, 3.05) is 4.90 Å². The van der Waals surface area contributed by atoms with Gasteiger partial charge in [-0.05, 0) is 85.2 Å². The third-order valence-corrected chi connectivity index (χ3v) is 7.42. The minimum Gasteiger partial charge on any atom is -0.458 e. The number of hydrogen-bond acceptors (Lipinski definition) is 5. The molecule has 5 rings (SSSR count). The molecule has 0 aromatic heterocycles. The quantitative estimate of drug-likeness (QED) is 0.274. The van der Waals surface area contributed by atoms with Gasteiger partial charge in [0.05, 0.1) is 22.4 Å². The van der Waals surface area contributed by atoms with Crippen molar-refractivity contribution >= 4 is 23.5 Å². The van der Waals surface area contributed by atoms with Gasteiger partial charge in [0.15, 0.2) is 0 Å². The van der Waals surface area contributed by atoms with Gasteiger partial charge >= 0.3 is 5.97 Å². The van der Waals surface area contributed by atoms with Crippen LogP contribution in [0.1, 0.15) is 71.1 Å². The zero-order valence-electron chi connectivity index (χ0n) is 21.3. The number of imide groups is 1. The second kappa shape index (κ2) is 10.2. The van der Waals surface area contributed by atoms with Crippen LogP contribution in [0.25, 0.3) is 0 Å². The van der Waals surface area contributed by atoms with Crippen LogP contribution in [0, 0.1) is 17.8 Å². The molecule has 0 saturated heterocycles. The molecule has 0 unspecified atom stereocenters. The standard InChI is InChI=1S/C31H31NO5/c1-19(2)25-15-9-20(3)17-28(25)37-31(35)21-10-16-26-27(18-21)30(34)32(29(26)33)22-11-13-24(14-12-22)36-23-7-5-4-6-8-23/h4-8,10-14,16,18-20,25,28H,9,15,17H2,1-3H3/t20-,25+,28+/m1/s1. The normalized spacial score (nSPS) is 21.2. The van der Waals surface area contributed by atoms with E-state index in [2.05, 4.69) is 20.8 Å². The molecule has 1 saturated carbocycles. The van der Waals surface area contributed by atoms with E-state index >= 15 is 0 Å². The lowest BCUT2D eigenvalue weighted by Crippen LogP contribution is -2.35. The monoisotopic (exact) mass is 497 g/mol. The first kappa shape index (κ1) is 24.8. The SMILES string of the molecule is CC(C)[C@@H]1CC[C@@H](C)C[C@@H]1OC(=O)c1ccc2c(c1)C(=O)N(c1ccc(Oc3ccccc3)cc1)C2=O. The van der Waals surface area contributed by atoms with Gasteiger partial charge < -0.3 is 9.47 Å². The van der Waals surface area contributed by atoms with Gasteiger partial charge in [-0.2, -0.15) is 0 Å². The first-order chi connectivity index (χ1) is 17.8. The molecule has 3 aromatic rings. The predicted octanol–water partition coefficient (Wildman–Crippen LogP) is 6.90. The van der Waals surface area contributed by atoms with Crippen molar-refractivity contribution in [3.8, 4) is 11.5 Å². The third-order valence-electron chi connectivity index (χ3n) is 7.42. The Kier molecular flexibility index (Phi) is 6.83. The first-order valence-corrected chi connectivity index (χ1v) is 12.9. The average molecular weight is 498 g/mol. The summed E-state index contributed by atoms with van der Waals surface area (Å²) in [4.78, 5) is 40.5. The van der Waals surface area contributed by atoms with Crippen LogP contribution >= 0.6 is 0 Å². The van der Waals surface area contributed by atoms with E-state index in [-0.39, 0.29) is 22.8 Å². The molecule has 3 aromatic carbocycles. The van der Waals surface area contributed by atoms with Crippen molar-refractivity contribution in [3.05, 3.63) is 89.5 Å². The smallest absolute Gasteiger partial charge is 0.338 e. The van der Waals surface area contributed by atoms with Gasteiger partial charge in [0.2, 0.25) is 0 Å². The molecule has 37 heavy (non-hydrogen) atoms. The first-order valence-electron chi connectivity index (χ1n) is 12.9. The molecular weight excluding hydrogens is 466 g/mol. The number of fused-ring (bicyclic) bond motifs is 1. The van der Waals surface area contributed by atoms with Gasteiger partial charge in [-0.1, -0.05) is 45.4 Å². The van der Waals surface area contributed by atoms with Crippen molar-refractivity contribution in [2.45, 2.75) is 46.1 Å². The summed E-state index contributed by atoms with van der Waals surface area (Å²) >= 11 is 0. The van der Waals surface area contributed by atoms with Gasteiger partial charge in [0, 0.05) is 0 Å². The fourth-order valence-electron chi connectivity index (χ4n) is 5.35. The van der Waals surface area contributed by atoms with Crippen LogP contribution in [-0.4, -0.2) is 23.9 Å². The highest BCUT2D eigenvalue weighted by molar-refractivity contribution is 6.34. The van der Waals surface area contributed by atoms with E-state index in [1.54, 1.807) is 36.4 Å². The van der Waals surface area contributed by atoms with Crippen molar-refractivity contribution in [1.29, 1.82) is 0 Å². The fourth-order valence-corrected chi connectivity index (χ4v) is 5.35. The molecule has 1 aliphatic heterocycles. The minimum absolute atomic E-state index is 0.144. The highest BCUT2D eigenvalue weighted by Gasteiger charge is 2.38. The number of carbonyl (C=O) groups is 3. The molecule has 0 N–H and O–H groups in total. The van der Waals surface area contributed by atoms with E-state index in [0.717, 1.165) is 24.2 Å². The summed E-state index contributed by atoms with van der Waals surface area (Å²) in [5.74, 6) is 1.20. The molecule has 3 atom stereocenters. The lowest BCUT2D eigenvalue weighted by Gasteiger charge is -2.36. The van der Waals surface area contributed by atoms with E-state index in [1.165, 1.54) is 6.07 Å². The number of para-hydroxylation sites is 1. The Hall–Kier alpha value is -3.93. The van der Waals surface area contributed by atoms with E-state index in [9.17, 15) is 14.4 Å². The number of amides is 2. The van der Waals surface area contributed by atoms with E-state index in [0.29, 0.717) is 34.9 Å². The van der Waals surface area contributed by atoms with Gasteiger partial charge in [-0.3, -0.25) is 9.59 Å². The molecule has 1 heterocycles. The van der Waals surface area contributed by atoms with Gasteiger partial charge in [-0.25, -0.2) is 9.69 Å². The van der Waals surface area contributed by atoms with Crippen LogP contribution in [0.5, 0.6) is 11.5 Å².